The molecule has 1 aromatic carbocycles. The molecule has 1 heterocycles. The number of nitriles is 1. The number of hydrogen-bond donors (Lipinski definition) is 1. The third kappa shape index (κ3) is 6.35. The molecule has 138 valence electrons. The standard InChI is InChI=1S/C20H18BrN3O3/c1-27-19(25)11-10-17(14-6-3-2-4-7-14)24-20(26)15(13-22)12-16-8-5-9-18(21)23-16/h2-9,12,17H,10-11H2,1H3,(H,24,26)/b15-12+/t17-/m0/s1. The van der Waals surface area contributed by atoms with Crippen molar-refractivity contribution < 1.29 is 14.3 Å². The first kappa shape index (κ1) is 20.3. The number of carbonyl (C=O) groups excluding carboxylic acids is 2. The van der Waals surface area contributed by atoms with Crippen LogP contribution in [0.15, 0.2) is 58.7 Å². The molecule has 27 heavy (non-hydrogen) atoms. The number of amides is 1. The topological polar surface area (TPSA) is 92.1 Å². The Balaban J connectivity index is 2.20. The number of carbonyl (C=O) groups is 2. The second-order valence-electron chi connectivity index (χ2n) is 5.61. The van der Waals surface area contributed by atoms with Gasteiger partial charge in [-0.15, -0.1) is 0 Å². The minimum atomic E-state index is -0.530. The highest BCUT2D eigenvalue weighted by molar-refractivity contribution is 9.10. The Kier molecular flexibility index (Phi) is 7.71. The Morgan fingerprint density at radius 1 is 1.26 bits per heavy atom. The molecule has 0 saturated heterocycles. The molecular formula is C20H18BrN3O3. The van der Waals surface area contributed by atoms with Crippen LogP contribution in [0.5, 0.6) is 0 Å². The van der Waals surface area contributed by atoms with Gasteiger partial charge in [0, 0.05) is 6.42 Å². The Morgan fingerprint density at radius 3 is 2.63 bits per heavy atom. The van der Waals surface area contributed by atoms with Crippen molar-refractivity contribution in [3.05, 3.63) is 70.0 Å². The summed E-state index contributed by atoms with van der Waals surface area (Å²) in [6.45, 7) is 0. The lowest BCUT2D eigenvalue weighted by atomic mass is 10.0. The molecule has 0 aliphatic rings. The number of aromatic nitrogens is 1. The van der Waals surface area contributed by atoms with E-state index in [1.165, 1.54) is 13.2 Å². The van der Waals surface area contributed by atoms with Gasteiger partial charge in [-0.2, -0.15) is 5.26 Å². The Hall–Kier alpha value is -2.98. The van der Waals surface area contributed by atoms with Crippen LogP contribution in [-0.4, -0.2) is 24.0 Å². The van der Waals surface area contributed by atoms with Crippen molar-refractivity contribution in [1.29, 1.82) is 5.26 Å². The predicted octanol–water partition coefficient (Wildman–Crippen LogP) is 3.56. The second-order valence-corrected chi connectivity index (χ2v) is 6.42. The van der Waals surface area contributed by atoms with Crippen LogP contribution in [0, 0.1) is 11.3 Å². The highest BCUT2D eigenvalue weighted by Gasteiger charge is 2.19. The Morgan fingerprint density at radius 2 is 2.00 bits per heavy atom. The summed E-state index contributed by atoms with van der Waals surface area (Å²) < 4.78 is 5.28. The van der Waals surface area contributed by atoms with E-state index in [0.717, 1.165) is 5.56 Å². The van der Waals surface area contributed by atoms with Gasteiger partial charge < -0.3 is 10.1 Å². The van der Waals surface area contributed by atoms with E-state index in [4.69, 9.17) is 0 Å². The minimum Gasteiger partial charge on any atom is -0.469 e. The third-order valence-electron chi connectivity index (χ3n) is 3.77. The number of benzene rings is 1. The van der Waals surface area contributed by atoms with E-state index in [2.05, 4.69) is 31.0 Å². The SMILES string of the molecule is COC(=O)CC[C@H](NC(=O)/C(C#N)=C/c1cccc(Br)n1)c1ccccc1. The van der Waals surface area contributed by atoms with Crippen LogP contribution in [0.1, 0.15) is 30.1 Å². The molecule has 6 nitrogen and oxygen atoms in total. The van der Waals surface area contributed by atoms with E-state index in [0.29, 0.717) is 16.7 Å². The molecule has 1 atom stereocenters. The van der Waals surface area contributed by atoms with Crippen molar-refractivity contribution >= 4 is 33.9 Å². The third-order valence-corrected chi connectivity index (χ3v) is 4.21. The average molecular weight is 428 g/mol. The first-order valence-electron chi connectivity index (χ1n) is 8.20. The molecule has 7 heteroatoms. The number of esters is 1. The van der Waals surface area contributed by atoms with Crippen LogP contribution < -0.4 is 5.32 Å². The summed E-state index contributed by atoms with van der Waals surface area (Å²) in [7, 11) is 1.32. The number of halogens is 1. The summed E-state index contributed by atoms with van der Waals surface area (Å²) >= 11 is 3.26. The lowest BCUT2D eigenvalue weighted by Gasteiger charge is -2.18. The number of nitrogens with one attached hydrogen (secondary N) is 1. The molecule has 0 unspecified atom stereocenters. The number of methoxy groups -OCH3 is 1. The van der Waals surface area contributed by atoms with Crippen molar-refractivity contribution in [1.82, 2.24) is 10.3 Å². The molecule has 0 bridgehead atoms. The van der Waals surface area contributed by atoms with Gasteiger partial charge in [-0.25, -0.2) is 4.98 Å². The Labute approximate surface area is 166 Å². The molecule has 2 rings (SSSR count). The summed E-state index contributed by atoms with van der Waals surface area (Å²) in [4.78, 5) is 28.3. The van der Waals surface area contributed by atoms with Gasteiger partial charge in [-0.05, 0) is 46.1 Å². The fourth-order valence-corrected chi connectivity index (χ4v) is 2.77. The van der Waals surface area contributed by atoms with E-state index >= 15 is 0 Å². The molecule has 0 fully saturated rings. The van der Waals surface area contributed by atoms with Gasteiger partial charge in [0.05, 0.1) is 18.8 Å². The maximum absolute atomic E-state index is 12.6. The summed E-state index contributed by atoms with van der Waals surface area (Å²) in [5, 5.41) is 12.2. The number of rotatable bonds is 7. The predicted molar refractivity (Wildman–Crippen MR) is 104 cm³/mol. The quantitative estimate of drug-likeness (QED) is 0.315. The first-order chi connectivity index (χ1) is 13.0. The molecule has 1 amide bonds. The molecule has 0 radical (unpaired) electrons. The lowest BCUT2D eigenvalue weighted by Crippen LogP contribution is -2.30. The van der Waals surface area contributed by atoms with Gasteiger partial charge in [-0.3, -0.25) is 9.59 Å². The van der Waals surface area contributed by atoms with E-state index < -0.39 is 11.9 Å². The largest absolute Gasteiger partial charge is 0.469 e. The number of hydrogen-bond acceptors (Lipinski definition) is 5. The molecule has 2 aromatic rings. The van der Waals surface area contributed by atoms with Crippen molar-refractivity contribution in [2.45, 2.75) is 18.9 Å². The summed E-state index contributed by atoms with van der Waals surface area (Å²) in [6.07, 6.45) is 1.92. The van der Waals surface area contributed by atoms with E-state index in [1.807, 2.05) is 36.4 Å². The Bertz CT molecular complexity index is 876. The molecule has 1 N–H and O–H groups in total. The van der Waals surface area contributed by atoms with Crippen LogP contribution in [0.2, 0.25) is 0 Å². The molecule has 0 spiro atoms. The fourth-order valence-electron chi connectivity index (χ4n) is 2.41. The lowest BCUT2D eigenvalue weighted by molar-refractivity contribution is -0.141. The van der Waals surface area contributed by atoms with Crippen LogP contribution in [0.25, 0.3) is 6.08 Å². The molecular weight excluding hydrogens is 410 g/mol. The fraction of sp³-hybridized carbons (Fsp3) is 0.200. The highest BCUT2D eigenvalue weighted by Crippen LogP contribution is 2.20. The summed E-state index contributed by atoms with van der Waals surface area (Å²) in [6, 6.07) is 16.0. The van der Waals surface area contributed by atoms with Gasteiger partial charge in [0.1, 0.15) is 16.2 Å². The normalized spacial score (nSPS) is 12.0. The van der Waals surface area contributed by atoms with Gasteiger partial charge in [-0.1, -0.05) is 36.4 Å². The van der Waals surface area contributed by atoms with Crippen molar-refractivity contribution in [2.24, 2.45) is 0 Å². The van der Waals surface area contributed by atoms with Crippen LogP contribution in [0.4, 0.5) is 0 Å². The average Bonchev–Trinajstić information content (AvgIpc) is 2.69. The van der Waals surface area contributed by atoms with Gasteiger partial charge in [0.25, 0.3) is 5.91 Å². The molecule has 0 aliphatic heterocycles. The molecule has 0 aliphatic carbocycles. The van der Waals surface area contributed by atoms with Crippen LogP contribution in [0.3, 0.4) is 0 Å². The highest BCUT2D eigenvalue weighted by atomic mass is 79.9. The van der Waals surface area contributed by atoms with Crippen molar-refractivity contribution in [2.75, 3.05) is 7.11 Å². The first-order valence-corrected chi connectivity index (χ1v) is 8.99. The van der Waals surface area contributed by atoms with Gasteiger partial charge in [0.2, 0.25) is 0 Å². The van der Waals surface area contributed by atoms with Gasteiger partial charge in [0.15, 0.2) is 0 Å². The van der Waals surface area contributed by atoms with E-state index in [9.17, 15) is 14.9 Å². The zero-order valence-electron chi connectivity index (χ0n) is 14.7. The smallest absolute Gasteiger partial charge is 0.305 e. The van der Waals surface area contributed by atoms with Gasteiger partial charge >= 0.3 is 5.97 Å². The maximum atomic E-state index is 12.6. The number of nitrogens with zero attached hydrogens (tertiary/aromatic N) is 2. The number of pyridine rings is 1. The molecule has 0 saturated carbocycles. The van der Waals surface area contributed by atoms with Crippen molar-refractivity contribution in [3.63, 3.8) is 0 Å². The summed E-state index contributed by atoms with van der Waals surface area (Å²) in [5.74, 6) is -0.891. The zero-order chi connectivity index (χ0) is 19.6. The van der Waals surface area contributed by atoms with E-state index in [-0.39, 0.29) is 18.0 Å². The monoisotopic (exact) mass is 427 g/mol. The molecule has 1 aromatic heterocycles. The van der Waals surface area contributed by atoms with E-state index in [1.54, 1.807) is 18.2 Å². The number of ether oxygens (including phenoxy) is 1. The maximum Gasteiger partial charge on any atom is 0.305 e. The van der Waals surface area contributed by atoms with Crippen LogP contribution >= 0.6 is 15.9 Å². The second kappa shape index (κ2) is 10.2. The zero-order valence-corrected chi connectivity index (χ0v) is 16.3. The minimum absolute atomic E-state index is 0.0698. The summed E-state index contributed by atoms with van der Waals surface area (Å²) in [5.41, 5.74) is 1.26. The van der Waals surface area contributed by atoms with Crippen LogP contribution in [-0.2, 0) is 14.3 Å². The van der Waals surface area contributed by atoms with Crippen molar-refractivity contribution in [3.8, 4) is 6.07 Å².